The van der Waals surface area contributed by atoms with Crippen molar-refractivity contribution in [2.24, 2.45) is 0 Å². The van der Waals surface area contributed by atoms with Crippen molar-refractivity contribution < 1.29 is 0 Å². The first kappa shape index (κ1) is 23.4. The Kier molecular flexibility index (Phi) is 7.51. The predicted octanol–water partition coefficient (Wildman–Crippen LogP) is 4.35. The first-order chi connectivity index (χ1) is 16.5. The third-order valence-corrected chi connectivity index (χ3v) is 6.09. The van der Waals surface area contributed by atoms with Gasteiger partial charge in [0.1, 0.15) is 18.0 Å². The number of H-pyrrole nitrogens is 1. The monoisotopic (exact) mass is 453 g/mol. The van der Waals surface area contributed by atoms with E-state index in [1.165, 1.54) is 11.1 Å². The molecule has 0 fully saturated rings. The van der Waals surface area contributed by atoms with Crippen LogP contribution in [0.5, 0.6) is 0 Å². The van der Waals surface area contributed by atoms with E-state index in [9.17, 15) is 0 Å². The van der Waals surface area contributed by atoms with Crippen LogP contribution in [0.1, 0.15) is 52.2 Å². The molecular weight excluding hydrogens is 422 g/mol. The number of nitrogens with one attached hydrogen (secondary N) is 1. The van der Waals surface area contributed by atoms with Crippen molar-refractivity contribution in [1.29, 1.82) is 5.26 Å². The second kappa shape index (κ2) is 10.9. The van der Waals surface area contributed by atoms with Gasteiger partial charge in [-0.15, -0.1) is 10.2 Å². The van der Waals surface area contributed by atoms with Crippen molar-refractivity contribution in [1.82, 2.24) is 29.6 Å². The molecular formula is C27H31N7. The van der Waals surface area contributed by atoms with Crippen molar-refractivity contribution in [2.45, 2.75) is 53.2 Å². The van der Waals surface area contributed by atoms with Gasteiger partial charge in [0.2, 0.25) is 0 Å². The number of imidazole rings is 1. The van der Waals surface area contributed by atoms with E-state index in [0.29, 0.717) is 18.7 Å². The van der Waals surface area contributed by atoms with Crippen LogP contribution < -0.4 is 0 Å². The van der Waals surface area contributed by atoms with E-state index in [1.54, 1.807) is 6.33 Å². The van der Waals surface area contributed by atoms with Gasteiger partial charge in [0, 0.05) is 19.5 Å². The van der Waals surface area contributed by atoms with Crippen LogP contribution in [0.3, 0.4) is 0 Å². The molecule has 2 aromatic carbocycles. The quantitative estimate of drug-likeness (QED) is 0.386. The van der Waals surface area contributed by atoms with E-state index in [0.717, 1.165) is 54.5 Å². The van der Waals surface area contributed by atoms with Gasteiger partial charge >= 0.3 is 0 Å². The summed E-state index contributed by atoms with van der Waals surface area (Å²) in [4.78, 5) is 10.5. The van der Waals surface area contributed by atoms with E-state index < -0.39 is 0 Å². The highest BCUT2D eigenvalue weighted by atomic mass is 15.3. The summed E-state index contributed by atoms with van der Waals surface area (Å²) < 4.78 is 2.08. The summed E-state index contributed by atoms with van der Waals surface area (Å²) in [6, 6.07) is 18.6. The molecule has 174 valence electrons. The van der Waals surface area contributed by atoms with Crippen molar-refractivity contribution in [2.75, 3.05) is 6.54 Å². The van der Waals surface area contributed by atoms with Crippen LogP contribution in [0.2, 0.25) is 0 Å². The van der Waals surface area contributed by atoms with E-state index in [4.69, 9.17) is 5.26 Å². The lowest BCUT2D eigenvalue weighted by Crippen LogP contribution is -2.27. The second-order valence-electron chi connectivity index (χ2n) is 8.73. The number of rotatable bonds is 10. The molecule has 0 aliphatic heterocycles. The molecule has 0 spiro atoms. The van der Waals surface area contributed by atoms with Crippen LogP contribution in [0.25, 0.3) is 0 Å². The summed E-state index contributed by atoms with van der Waals surface area (Å²) in [5.74, 6) is 1.94. The molecule has 34 heavy (non-hydrogen) atoms. The summed E-state index contributed by atoms with van der Waals surface area (Å²) in [7, 11) is 0. The SMILES string of the molecule is CCc1nc(C)c(CN(CCc2ccc(C)cc2)Cc2nncn2Cc2ccc(C#N)cc2)[nH]1. The van der Waals surface area contributed by atoms with Crippen LogP contribution in [0.15, 0.2) is 54.9 Å². The Morgan fingerprint density at radius 3 is 2.41 bits per heavy atom. The van der Waals surface area contributed by atoms with E-state index in [-0.39, 0.29) is 0 Å². The van der Waals surface area contributed by atoms with Gasteiger partial charge in [-0.1, -0.05) is 48.9 Å². The minimum absolute atomic E-state index is 0.663. The van der Waals surface area contributed by atoms with Crippen molar-refractivity contribution in [3.8, 4) is 6.07 Å². The zero-order chi connectivity index (χ0) is 23.9. The molecule has 0 radical (unpaired) electrons. The summed E-state index contributed by atoms with van der Waals surface area (Å²) >= 11 is 0. The average Bonchev–Trinajstić information content (AvgIpc) is 3.44. The Balaban J connectivity index is 1.51. The molecule has 7 heteroatoms. The fraction of sp³-hybridized carbons (Fsp3) is 0.333. The minimum atomic E-state index is 0.663. The van der Waals surface area contributed by atoms with Crippen molar-refractivity contribution in [3.05, 3.63) is 100 Å². The summed E-state index contributed by atoms with van der Waals surface area (Å²) in [5, 5.41) is 17.7. The largest absolute Gasteiger partial charge is 0.345 e. The highest BCUT2D eigenvalue weighted by Crippen LogP contribution is 2.15. The maximum absolute atomic E-state index is 9.04. The Labute approximate surface area is 201 Å². The van der Waals surface area contributed by atoms with Crippen LogP contribution in [0.4, 0.5) is 0 Å². The van der Waals surface area contributed by atoms with Crippen LogP contribution in [0, 0.1) is 25.2 Å². The second-order valence-corrected chi connectivity index (χ2v) is 8.73. The zero-order valence-electron chi connectivity index (χ0n) is 20.1. The molecule has 4 aromatic rings. The van der Waals surface area contributed by atoms with Crippen LogP contribution >= 0.6 is 0 Å². The molecule has 0 bridgehead atoms. The third-order valence-electron chi connectivity index (χ3n) is 6.09. The molecule has 0 unspecified atom stereocenters. The van der Waals surface area contributed by atoms with Gasteiger partial charge in [-0.3, -0.25) is 4.90 Å². The summed E-state index contributed by atoms with van der Waals surface area (Å²) in [6.45, 7) is 9.31. The predicted molar refractivity (Wildman–Crippen MR) is 132 cm³/mol. The lowest BCUT2D eigenvalue weighted by Gasteiger charge is -2.22. The van der Waals surface area contributed by atoms with Gasteiger partial charge in [0.25, 0.3) is 0 Å². The molecule has 0 atom stereocenters. The van der Waals surface area contributed by atoms with Gasteiger partial charge in [-0.05, 0) is 43.5 Å². The fourth-order valence-electron chi connectivity index (χ4n) is 3.98. The number of hydrogen-bond donors (Lipinski definition) is 1. The standard InChI is InChI=1S/C27H31N7/c1-4-26-30-21(3)25(31-26)17-33(14-13-22-7-5-20(2)6-8-22)18-27-32-29-19-34(27)16-24-11-9-23(15-28)10-12-24/h5-12,19H,4,13-14,16-18H2,1-3H3,(H,30,31). The number of nitrogens with zero attached hydrogens (tertiary/aromatic N) is 6. The smallest absolute Gasteiger partial charge is 0.147 e. The van der Waals surface area contributed by atoms with Crippen molar-refractivity contribution >= 4 is 0 Å². The summed E-state index contributed by atoms with van der Waals surface area (Å²) in [5.41, 5.74) is 6.58. The molecule has 0 saturated carbocycles. The van der Waals surface area contributed by atoms with Gasteiger partial charge in [-0.2, -0.15) is 5.26 Å². The molecule has 1 N–H and O–H groups in total. The Bertz CT molecular complexity index is 1240. The fourth-order valence-corrected chi connectivity index (χ4v) is 3.98. The number of hydrogen-bond acceptors (Lipinski definition) is 5. The third kappa shape index (κ3) is 5.97. The molecule has 0 aliphatic carbocycles. The molecule has 2 heterocycles. The topological polar surface area (TPSA) is 86.4 Å². The zero-order valence-corrected chi connectivity index (χ0v) is 20.1. The molecule has 2 aromatic heterocycles. The Hall–Kier alpha value is -3.76. The van der Waals surface area contributed by atoms with E-state index >= 15 is 0 Å². The number of benzene rings is 2. The normalized spacial score (nSPS) is 11.1. The van der Waals surface area contributed by atoms with Gasteiger partial charge in [0.15, 0.2) is 0 Å². The van der Waals surface area contributed by atoms with Crippen molar-refractivity contribution in [3.63, 3.8) is 0 Å². The van der Waals surface area contributed by atoms with Crippen LogP contribution in [-0.2, 0) is 32.5 Å². The number of aromatic amines is 1. The van der Waals surface area contributed by atoms with E-state index in [1.807, 2.05) is 24.3 Å². The van der Waals surface area contributed by atoms with Gasteiger partial charge in [-0.25, -0.2) is 4.98 Å². The first-order valence-electron chi connectivity index (χ1n) is 11.7. The van der Waals surface area contributed by atoms with Gasteiger partial charge in [0.05, 0.1) is 36.1 Å². The minimum Gasteiger partial charge on any atom is -0.345 e. The highest BCUT2D eigenvalue weighted by molar-refractivity contribution is 5.31. The number of aromatic nitrogens is 5. The lowest BCUT2D eigenvalue weighted by atomic mass is 10.1. The van der Waals surface area contributed by atoms with E-state index in [2.05, 4.69) is 80.7 Å². The first-order valence-corrected chi connectivity index (χ1v) is 11.7. The summed E-state index contributed by atoms with van der Waals surface area (Å²) in [6.07, 6.45) is 3.63. The molecule has 0 saturated heterocycles. The Morgan fingerprint density at radius 2 is 1.74 bits per heavy atom. The van der Waals surface area contributed by atoms with Gasteiger partial charge < -0.3 is 9.55 Å². The molecule has 0 aliphatic rings. The lowest BCUT2D eigenvalue weighted by molar-refractivity contribution is 0.246. The van der Waals surface area contributed by atoms with Crippen LogP contribution in [-0.4, -0.2) is 36.2 Å². The average molecular weight is 454 g/mol. The highest BCUT2D eigenvalue weighted by Gasteiger charge is 2.16. The Morgan fingerprint density at radius 1 is 1.00 bits per heavy atom. The molecule has 0 amide bonds. The maximum atomic E-state index is 9.04. The molecule has 7 nitrogen and oxygen atoms in total. The number of aryl methyl sites for hydroxylation is 3. The maximum Gasteiger partial charge on any atom is 0.147 e. The number of nitriles is 1. The molecule has 4 rings (SSSR count).